The van der Waals surface area contributed by atoms with Crippen LogP contribution in [0, 0.1) is 13.8 Å². The Hall–Kier alpha value is -1.13. The molecule has 2 aromatic heterocycles. The van der Waals surface area contributed by atoms with Crippen LogP contribution in [-0.4, -0.2) is 16.5 Å². The largest absolute Gasteiger partial charge is 0.369 e. The van der Waals surface area contributed by atoms with Crippen LogP contribution >= 0.6 is 22.9 Å². The number of rotatable bonds is 4. The van der Waals surface area contributed by atoms with Gasteiger partial charge in [0.05, 0.1) is 5.39 Å². The second-order valence-corrected chi connectivity index (χ2v) is 7.13. The van der Waals surface area contributed by atoms with Gasteiger partial charge in [-0.05, 0) is 63.1 Å². The fourth-order valence-corrected chi connectivity index (χ4v) is 4.07. The van der Waals surface area contributed by atoms with Gasteiger partial charge in [-0.3, -0.25) is 0 Å². The minimum Gasteiger partial charge on any atom is -0.369 e. The minimum absolute atomic E-state index is 0.322. The smallest absolute Gasteiger partial charge is 0.225 e. The molecule has 112 valence electrons. The van der Waals surface area contributed by atoms with Gasteiger partial charge in [-0.2, -0.15) is 0 Å². The summed E-state index contributed by atoms with van der Waals surface area (Å²) in [7, 11) is 0. The Kier molecular flexibility index (Phi) is 4.45. The molecular weight excluding hydrogens is 302 g/mol. The van der Waals surface area contributed by atoms with Crippen molar-refractivity contribution in [3.05, 3.63) is 27.4 Å². The van der Waals surface area contributed by atoms with Gasteiger partial charge in [0.2, 0.25) is 5.28 Å². The zero-order valence-electron chi connectivity index (χ0n) is 12.5. The number of nitrogens with zero attached hydrogens (tertiary/aromatic N) is 2. The lowest BCUT2D eigenvalue weighted by Gasteiger charge is -2.13. The molecule has 0 aliphatic heterocycles. The molecule has 21 heavy (non-hydrogen) atoms. The topological polar surface area (TPSA) is 37.8 Å². The molecule has 1 aliphatic carbocycles. The van der Waals surface area contributed by atoms with Crippen LogP contribution in [0.3, 0.4) is 0 Å². The van der Waals surface area contributed by atoms with Crippen LogP contribution in [-0.2, 0) is 0 Å². The highest BCUT2D eigenvalue weighted by Crippen LogP contribution is 2.34. The molecule has 5 heteroatoms. The van der Waals surface area contributed by atoms with Crippen molar-refractivity contribution in [3.8, 4) is 0 Å². The van der Waals surface area contributed by atoms with E-state index in [0.717, 1.165) is 29.0 Å². The van der Waals surface area contributed by atoms with Crippen LogP contribution < -0.4 is 5.32 Å². The zero-order chi connectivity index (χ0) is 14.8. The SMILES string of the molecule is Cc1sc2nc(Cl)nc(NCCC3=CCCCC3)c2c1C. The van der Waals surface area contributed by atoms with Gasteiger partial charge in [-0.15, -0.1) is 11.3 Å². The summed E-state index contributed by atoms with van der Waals surface area (Å²) in [6.07, 6.45) is 8.64. The Morgan fingerprint density at radius 2 is 2.14 bits per heavy atom. The molecule has 0 atom stereocenters. The quantitative estimate of drug-likeness (QED) is 0.616. The average Bonchev–Trinajstić information content (AvgIpc) is 2.75. The van der Waals surface area contributed by atoms with Gasteiger partial charge >= 0.3 is 0 Å². The number of anilines is 1. The van der Waals surface area contributed by atoms with E-state index in [1.807, 2.05) is 0 Å². The summed E-state index contributed by atoms with van der Waals surface area (Å²) in [4.78, 5) is 11.0. The summed E-state index contributed by atoms with van der Waals surface area (Å²) in [5.74, 6) is 0.878. The maximum absolute atomic E-state index is 6.05. The van der Waals surface area contributed by atoms with Gasteiger partial charge in [-0.25, -0.2) is 9.97 Å². The Morgan fingerprint density at radius 1 is 1.29 bits per heavy atom. The number of allylic oxidation sites excluding steroid dienone is 1. The second-order valence-electron chi connectivity index (χ2n) is 5.59. The van der Waals surface area contributed by atoms with E-state index in [0.29, 0.717) is 5.28 Å². The molecule has 0 fully saturated rings. The molecule has 3 rings (SSSR count). The zero-order valence-corrected chi connectivity index (χ0v) is 14.1. The normalized spacial score (nSPS) is 15.3. The van der Waals surface area contributed by atoms with E-state index in [1.165, 1.54) is 36.1 Å². The van der Waals surface area contributed by atoms with Crippen LogP contribution in [0.15, 0.2) is 11.6 Å². The van der Waals surface area contributed by atoms with E-state index >= 15 is 0 Å². The van der Waals surface area contributed by atoms with E-state index < -0.39 is 0 Å². The fourth-order valence-electron chi connectivity index (χ4n) is 2.82. The molecule has 0 amide bonds. The molecule has 3 nitrogen and oxygen atoms in total. The first-order valence-electron chi connectivity index (χ1n) is 7.50. The van der Waals surface area contributed by atoms with Gasteiger partial charge in [0.1, 0.15) is 10.6 Å². The van der Waals surface area contributed by atoms with Gasteiger partial charge < -0.3 is 5.32 Å². The third-order valence-corrected chi connectivity index (χ3v) is 5.40. The highest BCUT2D eigenvalue weighted by Gasteiger charge is 2.14. The van der Waals surface area contributed by atoms with E-state index in [9.17, 15) is 0 Å². The van der Waals surface area contributed by atoms with Crippen molar-refractivity contribution in [2.24, 2.45) is 0 Å². The first-order valence-corrected chi connectivity index (χ1v) is 8.69. The van der Waals surface area contributed by atoms with Crippen molar-refractivity contribution in [3.63, 3.8) is 0 Å². The van der Waals surface area contributed by atoms with E-state index in [-0.39, 0.29) is 0 Å². The van der Waals surface area contributed by atoms with Gasteiger partial charge in [0.15, 0.2) is 0 Å². The molecule has 1 N–H and O–H groups in total. The Labute approximate surface area is 134 Å². The Bertz CT molecular complexity index is 690. The standard InChI is InChI=1S/C16H20ClN3S/c1-10-11(2)21-15-13(10)14(19-16(17)20-15)18-9-8-12-6-4-3-5-7-12/h6H,3-5,7-9H2,1-2H3,(H,18,19,20). The Morgan fingerprint density at radius 3 is 2.90 bits per heavy atom. The molecule has 0 saturated heterocycles. The highest BCUT2D eigenvalue weighted by molar-refractivity contribution is 7.18. The van der Waals surface area contributed by atoms with E-state index in [4.69, 9.17) is 11.6 Å². The van der Waals surface area contributed by atoms with E-state index in [2.05, 4.69) is 35.2 Å². The number of aromatic nitrogens is 2. The number of hydrogen-bond donors (Lipinski definition) is 1. The van der Waals surface area contributed by atoms with Crippen molar-refractivity contribution in [2.75, 3.05) is 11.9 Å². The van der Waals surface area contributed by atoms with Crippen molar-refractivity contribution in [2.45, 2.75) is 46.0 Å². The first-order chi connectivity index (χ1) is 10.1. The van der Waals surface area contributed by atoms with Crippen molar-refractivity contribution < 1.29 is 0 Å². The molecule has 0 aromatic carbocycles. The van der Waals surface area contributed by atoms with Crippen molar-refractivity contribution >= 4 is 39.0 Å². The molecule has 0 saturated carbocycles. The minimum atomic E-state index is 0.322. The summed E-state index contributed by atoms with van der Waals surface area (Å²) in [6.45, 7) is 5.15. The number of aryl methyl sites for hydroxylation is 2. The predicted molar refractivity (Wildman–Crippen MR) is 91.6 cm³/mol. The highest BCUT2D eigenvalue weighted by atomic mass is 35.5. The number of nitrogens with one attached hydrogen (secondary N) is 1. The number of hydrogen-bond acceptors (Lipinski definition) is 4. The monoisotopic (exact) mass is 321 g/mol. The fraction of sp³-hybridized carbons (Fsp3) is 0.500. The van der Waals surface area contributed by atoms with Crippen molar-refractivity contribution in [1.29, 1.82) is 0 Å². The molecule has 0 bridgehead atoms. The lowest BCUT2D eigenvalue weighted by atomic mass is 9.97. The number of thiophene rings is 1. The summed E-state index contributed by atoms with van der Waals surface area (Å²) in [5.41, 5.74) is 2.83. The third-order valence-electron chi connectivity index (χ3n) is 4.12. The molecule has 0 spiro atoms. The maximum Gasteiger partial charge on any atom is 0.225 e. The summed E-state index contributed by atoms with van der Waals surface area (Å²) >= 11 is 7.73. The predicted octanol–water partition coefficient (Wildman–Crippen LogP) is 5.26. The molecule has 2 heterocycles. The number of halogens is 1. The van der Waals surface area contributed by atoms with Crippen LogP contribution in [0.5, 0.6) is 0 Å². The van der Waals surface area contributed by atoms with Gasteiger partial charge in [-0.1, -0.05) is 11.6 Å². The molecule has 0 radical (unpaired) electrons. The maximum atomic E-state index is 6.05. The average molecular weight is 322 g/mol. The summed E-state index contributed by atoms with van der Waals surface area (Å²) < 4.78 is 0. The van der Waals surface area contributed by atoms with Crippen LogP contribution in [0.25, 0.3) is 10.2 Å². The molecule has 2 aromatic rings. The van der Waals surface area contributed by atoms with Crippen LogP contribution in [0.1, 0.15) is 42.5 Å². The first kappa shape index (κ1) is 14.8. The van der Waals surface area contributed by atoms with Crippen molar-refractivity contribution in [1.82, 2.24) is 9.97 Å². The lowest BCUT2D eigenvalue weighted by molar-refractivity contribution is 0.679. The Balaban J connectivity index is 1.78. The van der Waals surface area contributed by atoms with Crippen LogP contribution in [0.2, 0.25) is 5.28 Å². The molecule has 1 aliphatic rings. The second kappa shape index (κ2) is 6.32. The third kappa shape index (κ3) is 3.22. The lowest BCUT2D eigenvalue weighted by Crippen LogP contribution is -2.07. The summed E-state index contributed by atoms with van der Waals surface area (Å²) in [5, 5.41) is 4.91. The van der Waals surface area contributed by atoms with E-state index in [1.54, 1.807) is 16.9 Å². The summed E-state index contributed by atoms with van der Waals surface area (Å²) in [6, 6.07) is 0. The molecular formula is C16H20ClN3S. The number of fused-ring (bicyclic) bond motifs is 1. The molecule has 0 unspecified atom stereocenters. The van der Waals surface area contributed by atoms with Crippen LogP contribution in [0.4, 0.5) is 5.82 Å². The van der Waals surface area contributed by atoms with Gasteiger partial charge in [0.25, 0.3) is 0 Å². The van der Waals surface area contributed by atoms with Gasteiger partial charge in [0, 0.05) is 11.4 Å².